The van der Waals surface area contributed by atoms with Gasteiger partial charge in [0.15, 0.2) is 0 Å². The summed E-state index contributed by atoms with van der Waals surface area (Å²) in [5.41, 5.74) is 3.57. The van der Waals surface area contributed by atoms with Gasteiger partial charge in [-0.25, -0.2) is 4.79 Å². The first-order valence-corrected chi connectivity index (χ1v) is 7.10. The summed E-state index contributed by atoms with van der Waals surface area (Å²) in [6.07, 6.45) is 1.97. The van der Waals surface area contributed by atoms with Crippen molar-refractivity contribution in [3.8, 4) is 0 Å². The molecule has 1 aliphatic rings. The maximum Gasteiger partial charge on any atom is 0.355 e. The van der Waals surface area contributed by atoms with Gasteiger partial charge in [-0.05, 0) is 43.4 Å². The molecule has 1 unspecified atom stereocenters. The standard InChI is InChI=1S/C16H19NO3/c1-3-20-16(19)15-11-7-5-9-13(18)10-6-4-8-12(14(10)11)17(15)2/h4,6,8,13,18H,3,5,7,9H2,1-2H3. The molecule has 0 saturated heterocycles. The van der Waals surface area contributed by atoms with E-state index in [2.05, 4.69) is 0 Å². The molecule has 1 aromatic carbocycles. The van der Waals surface area contributed by atoms with E-state index in [1.54, 1.807) is 0 Å². The lowest BCUT2D eigenvalue weighted by Crippen LogP contribution is -2.12. The maximum atomic E-state index is 12.2. The van der Waals surface area contributed by atoms with Gasteiger partial charge in [0.25, 0.3) is 0 Å². The number of carbonyl (C=O) groups excluding carboxylic acids is 1. The molecule has 0 fully saturated rings. The summed E-state index contributed by atoms with van der Waals surface area (Å²) < 4.78 is 7.08. The first-order valence-electron chi connectivity index (χ1n) is 7.10. The van der Waals surface area contributed by atoms with Crippen molar-refractivity contribution < 1.29 is 14.6 Å². The summed E-state index contributed by atoms with van der Waals surface area (Å²) in [6.45, 7) is 2.18. The fourth-order valence-electron chi connectivity index (χ4n) is 3.22. The quantitative estimate of drug-likeness (QED) is 0.856. The Balaban J connectivity index is 2.31. The molecule has 1 aliphatic carbocycles. The van der Waals surface area contributed by atoms with Crippen LogP contribution in [0.25, 0.3) is 10.9 Å². The first kappa shape index (κ1) is 13.2. The Kier molecular flexibility index (Phi) is 3.26. The lowest BCUT2D eigenvalue weighted by molar-refractivity contribution is 0.0514. The molecular weight excluding hydrogens is 254 g/mol. The van der Waals surface area contributed by atoms with Gasteiger partial charge in [0.2, 0.25) is 0 Å². The molecule has 0 saturated carbocycles. The van der Waals surface area contributed by atoms with E-state index in [0.717, 1.165) is 41.3 Å². The van der Waals surface area contributed by atoms with Crippen LogP contribution in [-0.4, -0.2) is 22.2 Å². The number of esters is 1. The third kappa shape index (κ3) is 1.83. The van der Waals surface area contributed by atoms with Crippen LogP contribution in [-0.2, 0) is 18.2 Å². The van der Waals surface area contributed by atoms with Crippen LogP contribution in [0.2, 0.25) is 0 Å². The third-order valence-electron chi connectivity index (χ3n) is 4.09. The van der Waals surface area contributed by atoms with Crippen LogP contribution in [0.1, 0.15) is 47.5 Å². The molecular formula is C16H19NO3. The molecule has 0 bridgehead atoms. The molecule has 0 aliphatic heterocycles. The zero-order chi connectivity index (χ0) is 14.3. The molecule has 1 heterocycles. The molecule has 1 aromatic heterocycles. The topological polar surface area (TPSA) is 51.5 Å². The number of aromatic nitrogens is 1. The van der Waals surface area contributed by atoms with Gasteiger partial charge >= 0.3 is 5.97 Å². The van der Waals surface area contributed by atoms with E-state index in [4.69, 9.17) is 4.74 Å². The Hall–Kier alpha value is -1.81. The Morgan fingerprint density at radius 3 is 3.05 bits per heavy atom. The van der Waals surface area contributed by atoms with E-state index in [1.165, 1.54) is 0 Å². The highest BCUT2D eigenvalue weighted by molar-refractivity contribution is 6.00. The van der Waals surface area contributed by atoms with E-state index in [9.17, 15) is 9.90 Å². The molecule has 1 atom stereocenters. The number of aliphatic hydroxyl groups is 1. The van der Waals surface area contributed by atoms with Crippen molar-refractivity contribution in [1.29, 1.82) is 0 Å². The highest BCUT2D eigenvalue weighted by Gasteiger charge is 2.27. The summed E-state index contributed by atoms with van der Waals surface area (Å²) in [7, 11) is 1.88. The van der Waals surface area contributed by atoms with Gasteiger partial charge in [0, 0.05) is 18.0 Å². The Morgan fingerprint density at radius 2 is 2.30 bits per heavy atom. The van der Waals surface area contributed by atoms with Crippen molar-refractivity contribution in [2.45, 2.75) is 32.3 Å². The highest BCUT2D eigenvalue weighted by atomic mass is 16.5. The van der Waals surface area contributed by atoms with Crippen LogP contribution in [0, 0.1) is 0 Å². The largest absolute Gasteiger partial charge is 0.461 e. The van der Waals surface area contributed by atoms with Crippen LogP contribution in [0.4, 0.5) is 0 Å². The summed E-state index contributed by atoms with van der Waals surface area (Å²) in [5.74, 6) is -0.275. The van der Waals surface area contributed by atoms with Crippen molar-refractivity contribution in [2.75, 3.05) is 6.61 Å². The summed E-state index contributed by atoms with van der Waals surface area (Å²) >= 11 is 0. The van der Waals surface area contributed by atoms with Gasteiger partial charge in [-0.1, -0.05) is 12.1 Å². The molecule has 4 nitrogen and oxygen atoms in total. The van der Waals surface area contributed by atoms with Gasteiger partial charge in [-0.15, -0.1) is 0 Å². The number of nitrogens with zero attached hydrogens (tertiary/aromatic N) is 1. The fourth-order valence-corrected chi connectivity index (χ4v) is 3.22. The number of carbonyl (C=O) groups is 1. The van der Waals surface area contributed by atoms with E-state index in [-0.39, 0.29) is 5.97 Å². The molecule has 106 valence electrons. The number of benzene rings is 1. The van der Waals surface area contributed by atoms with Crippen molar-refractivity contribution >= 4 is 16.9 Å². The normalized spacial score (nSPS) is 18.1. The van der Waals surface area contributed by atoms with Gasteiger partial charge in [-0.3, -0.25) is 0 Å². The predicted octanol–water partition coefficient (Wildman–Crippen LogP) is 2.72. The minimum absolute atomic E-state index is 0.275. The summed E-state index contributed by atoms with van der Waals surface area (Å²) in [6, 6.07) is 5.88. The lowest BCUT2D eigenvalue weighted by Gasteiger charge is -2.10. The van der Waals surface area contributed by atoms with Crippen LogP contribution in [0.3, 0.4) is 0 Å². The molecule has 4 heteroatoms. The maximum absolute atomic E-state index is 12.2. The van der Waals surface area contributed by atoms with E-state index >= 15 is 0 Å². The van der Waals surface area contributed by atoms with Crippen molar-refractivity contribution in [3.63, 3.8) is 0 Å². The van der Waals surface area contributed by atoms with Crippen LogP contribution < -0.4 is 0 Å². The van der Waals surface area contributed by atoms with Gasteiger partial charge < -0.3 is 14.4 Å². The number of ether oxygens (including phenoxy) is 1. The third-order valence-corrected chi connectivity index (χ3v) is 4.09. The second-order valence-corrected chi connectivity index (χ2v) is 5.26. The minimum atomic E-state index is -0.447. The second kappa shape index (κ2) is 4.94. The van der Waals surface area contributed by atoms with Crippen molar-refractivity contribution in [1.82, 2.24) is 4.57 Å². The minimum Gasteiger partial charge on any atom is -0.461 e. The average molecular weight is 273 g/mol. The van der Waals surface area contributed by atoms with Gasteiger partial charge in [0.05, 0.1) is 12.7 Å². The van der Waals surface area contributed by atoms with Gasteiger partial charge in [0.1, 0.15) is 5.69 Å². The molecule has 20 heavy (non-hydrogen) atoms. The van der Waals surface area contributed by atoms with Crippen LogP contribution in [0.5, 0.6) is 0 Å². The predicted molar refractivity (Wildman–Crippen MR) is 76.8 cm³/mol. The molecule has 3 rings (SSSR count). The van der Waals surface area contributed by atoms with Crippen molar-refractivity contribution in [3.05, 3.63) is 35.0 Å². The number of aliphatic hydroxyl groups excluding tert-OH is 1. The average Bonchev–Trinajstić information content (AvgIpc) is 2.61. The van der Waals surface area contributed by atoms with E-state index in [1.807, 2.05) is 36.7 Å². The molecule has 0 radical (unpaired) electrons. The summed E-state index contributed by atoms with van der Waals surface area (Å²) in [5, 5.41) is 11.3. The van der Waals surface area contributed by atoms with E-state index in [0.29, 0.717) is 12.3 Å². The Morgan fingerprint density at radius 1 is 1.50 bits per heavy atom. The summed E-state index contributed by atoms with van der Waals surface area (Å²) in [4.78, 5) is 12.2. The van der Waals surface area contributed by atoms with E-state index < -0.39 is 6.10 Å². The first-order chi connectivity index (χ1) is 9.65. The number of hydrogen-bond donors (Lipinski definition) is 1. The highest BCUT2D eigenvalue weighted by Crippen LogP contribution is 2.37. The molecule has 0 amide bonds. The zero-order valence-electron chi connectivity index (χ0n) is 11.8. The second-order valence-electron chi connectivity index (χ2n) is 5.26. The van der Waals surface area contributed by atoms with Crippen molar-refractivity contribution in [2.24, 2.45) is 7.05 Å². The molecule has 2 aromatic rings. The van der Waals surface area contributed by atoms with Crippen LogP contribution >= 0.6 is 0 Å². The lowest BCUT2D eigenvalue weighted by atomic mass is 10.0. The number of hydrogen-bond acceptors (Lipinski definition) is 3. The van der Waals surface area contributed by atoms with Crippen LogP contribution in [0.15, 0.2) is 18.2 Å². The van der Waals surface area contributed by atoms with Gasteiger partial charge in [-0.2, -0.15) is 0 Å². The fraction of sp³-hybridized carbons (Fsp3) is 0.438. The number of aryl methyl sites for hydroxylation is 2. The molecule has 1 N–H and O–H groups in total. The Labute approximate surface area is 118 Å². The number of rotatable bonds is 2. The Bertz CT molecular complexity index is 672. The smallest absolute Gasteiger partial charge is 0.355 e. The monoisotopic (exact) mass is 273 g/mol. The SMILES string of the molecule is CCOC(=O)c1c2c3c(cccc3n1C)C(O)CCC2. The molecule has 0 spiro atoms. The zero-order valence-corrected chi connectivity index (χ0v) is 11.8.